The fourth-order valence-corrected chi connectivity index (χ4v) is 4.28. The molecular formula is C28H26ClNO5. The lowest BCUT2D eigenvalue weighted by Crippen LogP contribution is -2.29. The number of hydrogen-bond acceptors (Lipinski definition) is 5. The Morgan fingerprint density at radius 1 is 1.00 bits per heavy atom. The highest BCUT2D eigenvalue weighted by Crippen LogP contribution is 2.43. The SMILES string of the molecule is CCOc1ccc(C2/C(=C(\O)c3cccc(OC(C)C)c3)C(=O)C(=O)N2c2cccc(Cl)c2)cc1. The lowest BCUT2D eigenvalue weighted by atomic mass is 9.95. The number of aliphatic hydroxyl groups excluding tert-OH is 1. The number of rotatable bonds is 7. The van der Waals surface area contributed by atoms with Crippen molar-refractivity contribution in [2.24, 2.45) is 0 Å². The van der Waals surface area contributed by atoms with E-state index in [-0.39, 0.29) is 17.4 Å². The van der Waals surface area contributed by atoms with Crippen molar-refractivity contribution in [2.75, 3.05) is 11.5 Å². The van der Waals surface area contributed by atoms with Crippen molar-refractivity contribution >= 4 is 34.7 Å². The first kappa shape index (κ1) is 24.4. The van der Waals surface area contributed by atoms with Crippen LogP contribution in [-0.4, -0.2) is 29.5 Å². The summed E-state index contributed by atoms with van der Waals surface area (Å²) < 4.78 is 11.3. The summed E-state index contributed by atoms with van der Waals surface area (Å²) >= 11 is 6.20. The molecule has 3 aromatic carbocycles. The molecule has 1 unspecified atom stereocenters. The summed E-state index contributed by atoms with van der Waals surface area (Å²) in [5.74, 6) is -0.597. The number of anilines is 1. The Kier molecular flexibility index (Phi) is 7.12. The van der Waals surface area contributed by atoms with Gasteiger partial charge >= 0.3 is 0 Å². The maximum atomic E-state index is 13.3. The highest BCUT2D eigenvalue weighted by atomic mass is 35.5. The van der Waals surface area contributed by atoms with E-state index < -0.39 is 17.7 Å². The number of Topliss-reactive ketones (excluding diaryl/α,β-unsaturated/α-hetero) is 1. The lowest BCUT2D eigenvalue weighted by molar-refractivity contribution is -0.132. The van der Waals surface area contributed by atoms with E-state index in [1.165, 1.54) is 4.90 Å². The summed E-state index contributed by atoms with van der Waals surface area (Å²) in [7, 11) is 0. The van der Waals surface area contributed by atoms with Crippen LogP contribution in [0.15, 0.2) is 78.4 Å². The van der Waals surface area contributed by atoms with Crippen molar-refractivity contribution in [1.82, 2.24) is 0 Å². The van der Waals surface area contributed by atoms with Crippen LogP contribution in [-0.2, 0) is 9.59 Å². The minimum absolute atomic E-state index is 0.0131. The van der Waals surface area contributed by atoms with E-state index in [1.54, 1.807) is 72.8 Å². The Labute approximate surface area is 209 Å². The standard InChI is InChI=1S/C28H26ClNO5/c1-4-34-22-13-11-18(12-14-22)25-24(26(31)19-7-5-10-23(15-19)35-17(2)3)27(32)28(33)30(25)21-9-6-8-20(29)16-21/h5-17,25,31H,4H2,1-3H3/b26-24+. The number of carbonyl (C=O) groups excluding carboxylic acids is 2. The second kappa shape index (κ2) is 10.2. The molecule has 7 heteroatoms. The molecule has 4 rings (SSSR count). The average Bonchev–Trinajstić information content (AvgIpc) is 3.09. The molecule has 0 saturated carbocycles. The van der Waals surface area contributed by atoms with Gasteiger partial charge in [0.05, 0.1) is 24.3 Å². The quantitative estimate of drug-likeness (QED) is 0.243. The maximum absolute atomic E-state index is 13.3. The summed E-state index contributed by atoms with van der Waals surface area (Å²) in [5.41, 5.74) is 1.46. The molecule has 1 N–H and O–H groups in total. The van der Waals surface area contributed by atoms with Crippen LogP contribution in [0.5, 0.6) is 11.5 Å². The molecule has 1 saturated heterocycles. The van der Waals surface area contributed by atoms with Crippen LogP contribution in [0, 0.1) is 0 Å². The van der Waals surface area contributed by atoms with Crippen LogP contribution in [0.25, 0.3) is 5.76 Å². The van der Waals surface area contributed by atoms with Crippen molar-refractivity contribution in [3.63, 3.8) is 0 Å². The zero-order valence-electron chi connectivity index (χ0n) is 19.7. The van der Waals surface area contributed by atoms with Gasteiger partial charge in [-0.2, -0.15) is 0 Å². The van der Waals surface area contributed by atoms with Crippen molar-refractivity contribution in [3.05, 3.63) is 94.5 Å². The fourth-order valence-electron chi connectivity index (χ4n) is 4.10. The molecule has 35 heavy (non-hydrogen) atoms. The summed E-state index contributed by atoms with van der Waals surface area (Å²) in [6.45, 7) is 6.19. The molecule has 0 aromatic heterocycles. The van der Waals surface area contributed by atoms with Gasteiger partial charge in [0.2, 0.25) is 0 Å². The topological polar surface area (TPSA) is 76.1 Å². The van der Waals surface area contributed by atoms with E-state index in [1.807, 2.05) is 20.8 Å². The Hall–Kier alpha value is -3.77. The summed E-state index contributed by atoms with van der Waals surface area (Å²) in [6, 6.07) is 19.8. The first-order valence-corrected chi connectivity index (χ1v) is 11.7. The van der Waals surface area contributed by atoms with Crippen LogP contribution in [0.1, 0.15) is 37.9 Å². The zero-order valence-corrected chi connectivity index (χ0v) is 20.5. The van der Waals surface area contributed by atoms with E-state index in [9.17, 15) is 14.7 Å². The van der Waals surface area contributed by atoms with Crippen LogP contribution in [0.4, 0.5) is 5.69 Å². The number of benzene rings is 3. The Morgan fingerprint density at radius 2 is 1.71 bits per heavy atom. The van der Waals surface area contributed by atoms with Gasteiger partial charge in [0.25, 0.3) is 11.7 Å². The molecular weight excluding hydrogens is 466 g/mol. The van der Waals surface area contributed by atoms with Gasteiger partial charge < -0.3 is 14.6 Å². The van der Waals surface area contributed by atoms with Gasteiger partial charge in [0.1, 0.15) is 17.3 Å². The third-order valence-electron chi connectivity index (χ3n) is 5.52. The number of ether oxygens (including phenoxy) is 2. The molecule has 1 aliphatic heterocycles. The molecule has 0 aliphatic carbocycles. The number of halogens is 1. The second-order valence-electron chi connectivity index (χ2n) is 8.35. The average molecular weight is 492 g/mol. The van der Waals surface area contributed by atoms with Gasteiger partial charge in [0, 0.05) is 16.3 Å². The van der Waals surface area contributed by atoms with Gasteiger partial charge in [-0.05, 0) is 68.8 Å². The van der Waals surface area contributed by atoms with E-state index >= 15 is 0 Å². The molecule has 1 aliphatic rings. The molecule has 0 radical (unpaired) electrons. The van der Waals surface area contributed by atoms with Crippen LogP contribution in [0.2, 0.25) is 5.02 Å². The van der Waals surface area contributed by atoms with Crippen LogP contribution < -0.4 is 14.4 Å². The third kappa shape index (κ3) is 5.03. The summed E-state index contributed by atoms with van der Waals surface area (Å²) in [5, 5.41) is 11.8. The second-order valence-corrected chi connectivity index (χ2v) is 8.78. The molecule has 1 amide bonds. The van der Waals surface area contributed by atoms with Crippen LogP contribution in [0.3, 0.4) is 0 Å². The smallest absolute Gasteiger partial charge is 0.300 e. The summed E-state index contributed by atoms with van der Waals surface area (Å²) in [6.07, 6.45) is -0.0651. The molecule has 0 spiro atoms. The van der Waals surface area contributed by atoms with Crippen molar-refractivity contribution < 1.29 is 24.2 Å². The lowest BCUT2D eigenvalue weighted by Gasteiger charge is -2.25. The molecule has 3 aromatic rings. The minimum atomic E-state index is -0.862. The highest BCUT2D eigenvalue weighted by Gasteiger charge is 2.47. The van der Waals surface area contributed by atoms with Gasteiger partial charge in [-0.3, -0.25) is 14.5 Å². The van der Waals surface area contributed by atoms with Gasteiger partial charge in [-0.25, -0.2) is 0 Å². The van der Waals surface area contributed by atoms with Gasteiger partial charge in [0.15, 0.2) is 0 Å². The number of hydrogen-bond donors (Lipinski definition) is 1. The Morgan fingerprint density at radius 3 is 2.37 bits per heavy atom. The first-order chi connectivity index (χ1) is 16.8. The van der Waals surface area contributed by atoms with E-state index in [4.69, 9.17) is 21.1 Å². The van der Waals surface area contributed by atoms with Gasteiger partial charge in [-0.1, -0.05) is 41.9 Å². The largest absolute Gasteiger partial charge is 0.507 e. The van der Waals surface area contributed by atoms with E-state index in [2.05, 4.69) is 0 Å². The number of aliphatic hydroxyl groups is 1. The van der Waals surface area contributed by atoms with Gasteiger partial charge in [-0.15, -0.1) is 0 Å². The Balaban J connectivity index is 1.88. The minimum Gasteiger partial charge on any atom is -0.507 e. The van der Waals surface area contributed by atoms with E-state index in [0.29, 0.717) is 39.9 Å². The normalized spacial score (nSPS) is 17.2. The Bertz CT molecular complexity index is 1280. The predicted molar refractivity (Wildman–Crippen MR) is 136 cm³/mol. The predicted octanol–water partition coefficient (Wildman–Crippen LogP) is 6.15. The molecule has 0 bridgehead atoms. The number of carbonyl (C=O) groups is 2. The number of ketones is 1. The molecule has 180 valence electrons. The molecule has 1 atom stereocenters. The molecule has 1 heterocycles. The zero-order chi connectivity index (χ0) is 25.1. The monoisotopic (exact) mass is 491 g/mol. The maximum Gasteiger partial charge on any atom is 0.300 e. The number of amides is 1. The van der Waals surface area contributed by atoms with Crippen molar-refractivity contribution in [1.29, 1.82) is 0 Å². The molecule has 1 fully saturated rings. The van der Waals surface area contributed by atoms with Crippen molar-refractivity contribution in [2.45, 2.75) is 32.9 Å². The molecule has 6 nitrogen and oxygen atoms in total. The number of nitrogens with zero attached hydrogens (tertiary/aromatic N) is 1. The summed E-state index contributed by atoms with van der Waals surface area (Å²) in [4.78, 5) is 27.9. The first-order valence-electron chi connectivity index (χ1n) is 11.4. The highest BCUT2D eigenvalue weighted by molar-refractivity contribution is 6.51. The van der Waals surface area contributed by atoms with E-state index in [0.717, 1.165) is 0 Å². The fraction of sp³-hybridized carbons (Fsp3) is 0.214. The van der Waals surface area contributed by atoms with Crippen LogP contribution >= 0.6 is 11.6 Å². The third-order valence-corrected chi connectivity index (χ3v) is 5.75. The van der Waals surface area contributed by atoms with Crippen molar-refractivity contribution in [3.8, 4) is 11.5 Å².